The predicted octanol–water partition coefficient (Wildman–Crippen LogP) is 0.958. The molecule has 2 heterocycles. The van der Waals surface area contributed by atoms with Crippen LogP contribution in [0.2, 0.25) is 0 Å². The lowest BCUT2D eigenvalue weighted by molar-refractivity contribution is 0.590. The first kappa shape index (κ1) is 7.13. The second-order valence-corrected chi connectivity index (χ2v) is 3.37. The van der Waals surface area contributed by atoms with Gasteiger partial charge in [0.05, 0.1) is 0 Å². The van der Waals surface area contributed by atoms with Crippen LogP contribution in [0.4, 0.5) is 5.69 Å². The molecule has 0 aromatic carbocycles. The Kier molecular flexibility index (Phi) is 2.10. The van der Waals surface area contributed by atoms with Crippen LogP contribution in [0.5, 0.6) is 0 Å². The molecule has 1 aromatic heterocycles. The van der Waals surface area contributed by atoms with Crippen molar-refractivity contribution >= 4 is 17.0 Å². The molecule has 1 radical (unpaired) electrons. The average Bonchev–Trinajstić information content (AvgIpc) is 2.58. The van der Waals surface area contributed by atoms with Gasteiger partial charge in [0.15, 0.2) is 0 Å². The van der Waals surface area contributed by atoms with Crippen molar-refractivity contribution in [2.45, 2.75) is 0 Å². The smallest absolute Gasteiger partial charge is 0.0482 e. The summed E-state index contributed by atoms with van der Waals surface area (Å²) in [6.07, 6.45) is 0. The summed E-state index contributed by atoms with van der Waals surface area (Å²) < 4.78 is 0. The first-order valence-corrected chi connectivity index (χ1v) is 4.75. The largest absolute Gasteiger partial charge is 0.368 e. The van der Waals surface area contributed by atoms with Crippen molar-refractivity contribution in [3.05, 3.63) is 16.8 Å². The molecule has 0 spiro atoms. The van der Waals surface area contributed by atoms with E-state index in [-0.39, 0.29) is 0 Å². The zero-order valence-electron chi connectivity index (χ0n) is 6.34. The summed E-state index contributed by atoms with van der Waals surface area (Å²) in [5.41, 5.74) is 1.33. The van der Waals surface area contributed by atoms with Crippen LogP contribution in [0.1, 0.15) is 0 Å². The van der Waals surface area contributed by atoms with Crippen LogP contribution in [0.3, 0.4) is 0 Å². The molecule has 0 atom stereocenters. The quantitative estimate of drug-likeness (QED) is 0.670. The topological polar surface area (TPSA) is 15.3 Å². The highest BCUT2D eigenvalue weighted by molar-refractivity contribution is 7.07. The second kappa shape index (κ2) is 3.24. The van der Waals surface area contributed by atoms with Crippen molar-refractivity contribution in [3.8, 4) is 0 Å². The number of nitrogens with zero attached hydrogens (tertiary/aromatic N) is 1. The highest BCUT2D eigenvalue weighted by Gasteiger charge is 2.09. The van der Waals surface area contributed by atoms with Gasteiger partial charge >= 0.3 is 0 Å². The van der Waals surface area contributed by atoms with Crippen LogP contribution in [0.25, 0.3) is 0 Å². The van der Waals surface area contributed by atoms with Crippen LogP contribution in [-0.4, -0.2) is 26.2 Å². The summed E-state index contributed by atoms with van der Waals surface area (Å²) in [6, 6.07) is 2.07. The van der Waals surface area contributed by atoms with E-state index in [1.54, 1.807) is 11.3 Å². The fourth-order valence-corrected chi connectivity index (χ4v) is 1.91. The number of piperazine rings is 1. The Morgan fingerprint density at radius 1 is 1.45 bits per heavy atom. The molecule has 0 aliphatic carbocycles. The van der Waals surface area contributed by atoms with Crippen LogP contribution < -0.4 is 10.2 Å². The minimum Gasteiger partial charge on any atom is -0.368 e. The van der Waals surface area contributed by atoms with E-state index in [0.29, 0.717) is 0 Å². The summed E-state index contributed by atoms with van der Waals surface area (Å²) >= 11 is 1.65. The maximum absolute atomic E-state index is 3.33. The van der Waals surface area contributed by atoms with E-state index < -0.39 is 0 Å². The molecule has 0 saturated carbocycles. The first-order valence-electron chi connectivity index (χ1n) is 3.87. The van der Waals surface area contributed by atoms with E-state index in [0.717, 1.165) is 26.2 Å². The standard InChI is InChI=1S/C8H11N2S/c1-6-11-7-8(1)10-4-2-9-3-5-10/h1,7,9H,2-5H2. The summed E-state index contributed by atoms with van der Waals surface area (Å²) in [5.74, 6) is 0. The van der Waals surface area contributed by atoms with Gasteiger partial charge in [-0.25, -0.2) is 0 Å². The van der Waals surface area contributed by atoms with E-state index >= 15 is 0 Å². The van der Waals surface area contributed by atoms with Crippen LogP contribution in [0, 0.1) is 5.38 Å². The van der Waals surface area contributed by atoms with Gasteiger partial charge in [-0.15, -0.1) is 11.3 Å². The molecule has 1 aromatic rings. The molecule has 1 aliphatic heterocycles. The van der Waals surface area contributed by atoms with Crippen molar-refractivity contribution in [1.82, 2.24) is 5.32 Å². The molecule has 11 heavy (non-hydrogen) atoms. The monoisotopic (exact) mass is 167 g/mol. The molecule has 3 heteroatoms. The number of thiophene rings is 1. The highest BCUT2D eigenvalue weighted by Crippen LogP contribution is 2.17. The molecular formula is C8H11N2S. The highest BCUT2D eigenvalue weighted by atomic mass is 32.1. The lowest BCUT2D eigenvalue weighted by Gasteiger charge is -2.28. The van der Waals surface area contributed by atoms with Crippen molar-refractivity contribution in [1.29, 1.82) is 0 Å². The van der Waals surface area contributed by atoms with E-state index in [2.05, 4.69) is 27.0 Å². The summed E-state index contributed by atoms with van der Waals surface area (Å²) in [6.45, 7) is 4.47. The van der Waals surface area contributed by atoms with Crippen molar-refractivity contribution < 1.29 is 0 Å². The number of anilines is 1. The van der Waals surface area contributed by atoms with Crippen LogP contribution in [0.15, 0.2) is 11.4 Å². The minimum absolute atomic E-state index is 1.11. The summed E-state index contributed by atoms with van der Waals surface area (Å²) in [5, 5.41) is 8.59. The Bertz CT molecular complexity index is 202. The molecular weight excluding hydrogens is 156 g/mol. The van der Waals surface area contributed by atoms with E-state index in [1.807, 2.05) is 0 Å². The predicted molar refractivity (Wildman–Crippen MR) is 48.2 cm³/mol. The molecule has 1 aliphatic rings. The number of nitrogens with one attached hydrogen (secondary N) is 1. The Labute approximate surface area is 70.8 Å². The third-order valence-electron chi connectivity index (χ3n) is 1.94. The molecule has 1 fully saturated rings. The summed E-state index contributed by atoms with van der Waals surface area (Å²) in [7, 11) is 0. The Morgan fingerprint density at radius 2 is 2.27 bits per heavy atom. The van der Waals surface area contributed by atoms with Crippen molar-refractivity contribution in [3.63, 3.8) is 0 Å². The number of hydrogen-bond acceptors (Lipinski definition) is 3. The third kappa shape index (κ3) is 1.54. The molecule has 1 saturated heterocycles. The van der Waals surface area contributed by atoms with Gasteiger partial charge in [-0.05, 0) is 6.07 Å². The molecule has 2 rings (SSSR count). The lowest BCUT2D eigenvalue weighted by Crippen LogP contribution is -2.43. The van der Waals surface area contributed by atoms with Gasteiger partial charge in [0, 0.05) is 42.6 Å². The van der Waals surface area contributed by atoms with Crippen molar-refractivity contribution in [2.75, 3.05) is 31.1 Å². The number of rotatable bonds is 1. The van der Waals surface area contributed by atoms with Gasteiger partial charge in [0.2, 0.25) is 0 Å². The van der Waals surface area contributed by atoms with Crippen molar-refractivity contribution in [2.24, 2.45) is 0 Å². The van der Waals surface area contributed by atoms with Gasteiger partial charge in [0.25, 0.3) is 0 Å². The van der Waals surface area contributed by atoms with Gasteiger partial charge in [-0.1, -0.05) is 0 Å². The van der Waals surface area contributed by atoms with Crippen LogP contribution >= 0.6 is 11.3 Å². The maximum Gasteiger partial charge on any atom is 0.0482 e. The van der Waals surface area contributed by atoms with E-state index in [9.17, 15) is 0 Å². The van der Waals surface area contributed by atoms with E-state index in [4.69, 9.17) is 0 Å². The molecule has 59 valence electrons. The summed E-state index contributed by atoms with van der Waals surface area (Å²) in [4.78, 5) is 2.39. The Morgan fingerprint density at radius 3 is 2.91 bits per heavy atom. The zero-order valence-corrected chi connectivity index (χ0v) is 7.16. The average molecular weight is 167 g/mol. The van der Waals surface area contributed by atoms with Gasteiger partial charge in [0.1, 0.15) is 0 Å². The maximum atomic E-state index is 3.33. The molecule has 1 N–H and O–H groups in total. The van der Waals surface area contributed by atoms with Gasteiger partial charge < -0.3 is 10.2 Å². The SMILES string of the molecule is [c]1cc(N2CCNCC2)cs1. The normalized spacial score (nSPS) is 18.7. The van der Waals surface area contributed by atoms with Gasteiger partial charge in [-0.3, -0.25) is 0 Å². The molecule has 2 nitrogen and oxygen atoms in total. The zero-order chi connectivity index (χ0) is 7.52. The molecule has 0 unspecified atom stereocenters. The Hall–Kier alpha value is -0.540. The van der Waals surface area contributed by atoms with Gasteiger partial charge in [-0.2, -0.15) is 0 Å². The first-order chi connectivity index (χ1) is 5.47. The lowest BCUT2D eigenvalue weighted by atomic mass is 10.3. The van der Waals surface area contributed by atoms with E-state index in [1.165, 1.54) is 5.69 Å². The number of hydrogen-bond donors (Lipinski definition) is 1. The second-order valence-electron chi connectivity index (χ2n) is 2.66. The molecule has 0 bridgehead atoms. The third-order valence-corrected chi connectivity index (χ3v) is 2.55. The Balaban J connectivity index is 2.04. The molecule has 0 amide bonds. The fraction of sp³-hybridized carbons (Fsp3) is 0.500. The fourth-order valence-electron chi connectivity index (χ4n) is 1.31. The minimum atomic E-state index is 1.11. The van der Waals surface area contributed by atoms with Crippen LogP contribution in [-0.2, 0) is 0 Å².